The number of fused-ring (bicyclic) bond motifs is 2. The normalized spacial score (nSPS) is 12.6. The summed E-state index contributed by atoms with van der Waals surface area (Å²) in [5.74, 6) is -1.13. The number of aromatic nitrogens is 2. The summed E-state index contributed by atoms with van der Waals surface area (Å²) in [5.41, 5.74) is 0.310. The van der Waals surface area contributed by atoms with Crippen LogP contribution in [-0.2, 0) is 16.2 Å². The summed E-state index contributed by atoms with van der Waals surface area (Å²) in [6.07, 6.45) is -4.61. The van der Waals surface area contributed by atoms with Gasteiger partial charge >= 0.3 is 6.18 Å². The second-order valence-electron chi connectivity index (χ2n) is 5.93. The van der Waals surface area contributed by atoms with E-state index in [1.165, 1.54) is 30.3 Å². The second kappa shape index (κ2) is 5.98. The summed E-state index contributed by atoms with van der Waals surface area (Å²) < 4.78 is 65.9. The molecule has 0 fully saturated rings. The van der Waals surface area contributed by atoms with E-state index in [1.54, 1.807) is 18.2 Å². The van der Waals surface area contributed by atoms with Gasteiger partial charge in [-0.1, -0.05) is 30.3 Å². The number of benzene rings is 3. The maximum atomic E-state index is 12.7. The summed E-state index contributed by atoms with van der Waals surface area (Å²) in [6, 6.07) is 16.0. The monoisotopic (exact) mass is 391 g/mol. The van der Waals surface area contributed by atoms with Crippen LogP contribution in [0.3, 0.4) is 0 Å². The topological polar surface area (TPSA) is 74.8 Å². The zero-order valence-electron chi connectivity index (χ0n) is 13.6. The van der Waals surface area contributed by atoms with Crippen molar-refractivity contribution >= 4 is 37.5 Å². The number of alkyl halides is 3. The van der Waals surface area contributed by atoms with Crippen molar-refractivity contribution in [2.75, 3.05) is 4.72 Å². The van der Waals surface area contributed by atoms with Gasteiger partial charge in [-0.2, -0.15) is 13.2 Å². The van der Waals surface area contributed by atoms with Gasteiger partial charge in [0.2, 0.25) is 5.82 Å². The Hall–Kier alpha value is -3.07. The van der Waals surface area contributed by atoms with Gasteiger partial charge < -0.3 is 4.98 Å². The van der Waals surface area contributed by atoms with Crippen molar-refractivity contribution in [2.45, 2.75) is 11.1 Å². The predicted molar refractivity (Wildman–Crippen MR) is 95.9 cm³/mol. The maximum absolute atomic E-state index is 12.7. The molecular formula is C18H12F3N3O2S. The number of hydrogen-bond acceptors (Lipinski definition) is 3. The van der Waals surface area contributed by atoms with Crippen LogP contribution in [0.2, 0.25) is 0 Å². The first-order chi connectivity index (χ1) is 12.7. The molecule has 138 valence electrons. The van der Waals surface area contributed by atoms with Gasteiger partial charge in [-0.25, -0.2) is 13.4 Å². The molecule has 0 aliphatic heterocycles. The van der Waals surface area contributed by atoms with Crippen molar-refractivity contribution in [1.29, 1.82) is 0 Å². The number of rotatable bonds is 3. The number of aromatic amines is 1. The molecular weight excluding hydrogens is 379 g/mol. The highest BCUT2D eigenvalue weighted by molar-refractivity contribution is 7.92. The molecule has 3 aromatic carbocycles. The molecule has 9 heteroatoms. The van der Waals surface area contributed by atoms with Crippen LogP contribution in [0.4, 0.5) is 18.9 Å². The van der Waals surface area contributed by atoms with Crippen molar-refractivity contribution in [3.05, 3.63) is 66.5 Å². The number of anilines is 1. The average Bonchev–Trinajstić information content (AvgIpc) is 3.05. The minimum atomic E-state index is -4.61. The number of nitrogens with one attached hydrogen (secondary N) is 2. The van der Waals surface area contributed by atoms with Crippen molar-refractivity contribution in [3.8, 4) is 0 Å². The Labute approximate surface area is 151 Å². The number of H-pyrrole nitrogens is 1. The molecule has 0 radical (unpaired) electrons. The number of sulfonamides is 1. The van der Waals surface area contributed by atoms with Crippen molar-refractivity contribution in [3.63, 3.8) is 0 Å². The van der Waals surface area contributed by atoms with E-state index in [1.807, 2.05) is 12.1 Å². The molecule has 0 spiro atoms. The van der Waals surface area contributed by atoms with Crippen LogP contribution in [0.15, 0.2) is 65.6 Å². The molecule has 1 heterocycles. The van der Waals surface area contributed by atoms with Crippen LogP contribution >= 0.6 is 0 Å². The molecule has 0 bridgehead atoms. The predicted octanol–water partition coefficient (Wildman–Crippen LogP) is 4.54. The standard InChI is InChI=1S/C18H12F3N3O2S/c19-18(20,21)17-22-15-8-6-13(10-16(15)23-17)24-27(25,26)14-7-5-11-3-1-2-4-12(11)9-14/h1-10,24H,(H,22,23). The van der Waals surface area contributed by atoms with Crippen LogP contribution in [0.5, 0.6) is 0 Å². The van der Waals surface area contributed by atoms with E-state index in [2.05, 4.69) is 14.7 Å². The third-order valence-electron chi connectivity index (χ3n) is 4.03. The fourth-order valence-corrected chi connectivity index (χ4v) is 3.84. The lowest BCUT2D eigenvalue weighted by Crippen LogP contribution is -2.12. The van der Waals surface area contributed by atoms with Crippen LogP contribution in [0.25, 0.3) is 21.8 Å². The number of nitrogens with zero attached hydrogens (tertiary/aromatic N) is 1. The Bertz CT molecular complexity index is 1260. The van der Waals surface area contributed by atoms with Crippen molar-refractivity contribution in [1.82, 2.24) is 9.97 Å². The molecule has 5 nitrogen and oxygen atoms in total. The molecule has 1 aromatic heterocycles. The van der Waals surface area contributed by atoms with E-state index in [0.29, 0.717) is 0 Å². The van der Waals surface area contributed by atoms with Gasteiger partial charge in [0.15, 0.2) is 0 Å². The summed E-state index contributed by atoms with van der Waals surface area (Å²) >= 11 is 0. The van der Waals surface area contributed by atoms with E-state index >= 15 is 0 Å². The molecule has 27 heavy (non-hydrogen) atoms. The Morgan fingerprint density at radius 2 is 1.67 bits per heavy atom. The Morgan fingerprint density at radius 3 is 2.41 bits per heavy atom. The quantitative estimate of drug-likeness (QED) is 0.539. The molecule has 0 saturated heterocycles. The van der Waals surface area contributed by atoms with E-state index in [0.717, 1.165) is 10.8 Å². The van der Waals surface area contributed by atoms with E-state index in [4.69, 9.17) is 0 Å². The summed E-state index contributed by atoms with van der Waals surface area (Å²) in [4.78, 5) is 5.67. The first-order valence-electron chi connectivity index (χ1n) is 7.81. The van der Waals surface area contributed by atoms with E-state index in [9.17, 15) is 21.6 Å². The van der Waals surface area contributed by atoms with Gasteiger partial charge in [-0.3, -0.25) is 4.72 Å². The lowest BCUT2D eigenvalue weighted by atomic mass is 10.1. The van der Waals surface area contributed by atoms with Gasteiger partial charge in [-0.15, -0.1) is 0 Å². The van der Waals surface area contributed by atoms with Crippen molar-refractivity contribution < 1.29 is 21.6 Å². The lowest BCUT2D eigenvalue weighted by Gasteiger charge is -2.09. The fraction of sp³-hybridized carbons (Fsp3) is 0.0556. The minimum Gasteiger partial charge on any atom is -0.334 e. The van der Waals surface area contributed by atoms with Gasteiger partial charge in [-0.05, 0) is 41.1 Å². The Balaban J connectivity index is 1.68. The van der Waals surface area contributed by atoms with Crippen LogP contribution in [-0.4, -0.2) is 18.4 Å². The highest BCUT2D eigenvalue weighted by Crippen LogP contribution is 2.30. The molecule has 4 rings (SSSR count). The molecule has 4 aromatic rings. The SMILES string of the molecule is O=S(=O)(Nc1ccc2nc(C(F)(F)F)[nH]c2c1)c1ccc2ccccc2c1. The van der Waals surface area contributed by atoms with Crippen LogP contribution in [0.1, 0.15) is 5.82 Å². The third-order valence-corrected chi connectivity index (χ3v) is 5.41. The first-order valence-corrected chi connectivity index (χ1v) is 9.29. The average molecular weight is 391 g/mol. The highest BCUT2D eigenvalue weighted by Gasteiger charge is 2.34. The van der Waals surface area contributed by atoms with Gasteiger partial charge in [0, 0.05) is 0 Å². The smallest absolute Gasteiger partial charge is 0.334 e. The van der Waals surface area contributed by atoms with Gasteiger partial charge in [0.1, 0.15) is 0 Å². The zero-order chi connectivity index (χ0) is 19.2. The Kier molecular flexibility index (Phi) is 3.84. The molecule has 0 amide bonds. The Morgan fingerprint density at radius 1 is 0.926 bits per heavy atom. The third kappa shape index (κ3) is 3.33. The first kappa shape index (κ1) is 17.3. The largest absolute Gasteiger partial charge is 0.449 e. The summed E-state index contributed by atoms with van der Waals surface area (Å²) in [6.45, 7) is 0. The highest BCUT2D eigenvalue weighted by atomic mass is 32.2. The summed E-state index contributed by atoms with van der Waals surface area (Å²) in [5, 5.41) is 1.66. The van der Waals surface area contributed by atoms with Gasteiger partial charge in [0.25, 0.3) is 10.0 Å². The lowest BCUT2D eigenvalue weighted by molar-refractivity contribution is -0.144. The number of halogens is 3. The molecule has 0 unspecified atom stereocenters. The second-order valence-corrected chi connectivity index (χ2v) is 7.61. The van der Waals surface area contributed by atoms with E-state index in [-0.39, 0.29) is 21.6 Å². The van der Waals surface area contributed by atoms with Gasteiger partial charge in [0.05, 0.1) is 21.6 Å². The molecule has 0 saturated carbocycles. The molecule has 0 aliphatic rings. The van der Waals surface area contributed by atoms with Crippen LogP contribution in [0, 0.1) is 0 Å². The number of imidazole rings is 1. The van der Waals surface area contributed by atoms with E-state index < -0.39 is 22.0 Å². The molecule has 0 atom stereocenters. The van der Waals surface area contributed by atoms with Crippen molar-refractivity contribution in [2.24, 2.45) is 0 Å². The zero-order valence-corrected chi connectivity index (χ0v) is 14.4. The summed E-state index contributed by atoms with van der Waals surface area (Å²) in [7, 11) is -3.90. The number of hydrogen-bond donors (Lipinski definition) is 2. The maximum Gasteiger partial charge on any atom is 0.449 e. The molecule has 0 aliphatic carbocycles. The molecule has 2 N–H and O–H groups in total. The minimum absolute atomic E-state index is 0.0573. The fourth-order valence-electron chi connectivity index (χ4n) is 2.76. The van der Waals surface area contributed by atoms with Crippen LogP contribution < -0.4 is 4.72 Å².